The molecule has 6 heteroatoms. The zero-order valence-corrected chi connectivity index (χ0v) is 15.7. The Kier molecular flexibility index (Phi) is 11.7. The average molecular weight is 375 g/mol. The molecule has 108 valence electrons. The van der Waals surface area contributed by atoms with Crippen LogP contribution in [0.1, 0.15) is 34.6 Å². The quantitative estimate of drug-likeness (QED) is 0.639. The minimum atomic E-state index is -0.115. The Bertz CT molecular complexity index is 217. The van der Waals surface area contributed by atoms with Crippen LogP contribution in [0.3, 0.4) is 0 Å². The molecule has 0 bridgehead atoms. The van der Waals surface area contributed by atoms with Gasteiger partial charge in [-0.05, 0) is 19.6 Å². The summed E-state index contributed by atoms with van der Waals surface area (Å²) >= 11 is 11.5. The van der Waals surface area contributed by atoms with Crippen LogP contribution in [0.2, 0.25) is 0 Å². The molecule has 0 saturated heterocycles. The molecule has 0 aliphatic rings. The van der Waals surface area contributed by atoms with E-state index in [0.29, 0.717) is 6.04 Å². The van der Waals surface area contributed by atoms with Crippen molar-refractivity contribution in [2.75, 3.05) is 26.7 Å². The van der Waals surface area contributed by atoms with E-state index in [1.807, 2.05) is 13.8 Å². The number of hydrogen-bond acceptors (Lipinski definition) is 4. The monoisotopic (exact) mass is 374 g/mol. The van der Waals surface area contributed by atoms with Gasteiger partial charge in [-0.15, -0.1) is 11.3 Å². The molecule has 18 heavy (non-hydrogen) atoms. The van der Waals surface area contributed by atoms with Gasteiger partial charge in [-0.1, -0.05) is 34.6 Å². The van der Waals surface area contributed by atoms with Gasteiger partial charge in [0.2, 0.25) is 0 Å². The molecule has 0 aliphatic heterocycles. The summed E-state index contributed by atoms with van der Waals surface area (Å²) in [4.78, 5) is 2.27. The third-order valence-electron chi connectivity index (χ3n) is 2.27. The standard InChI is InChI=1S/C12H27N2S2.O.Tc/c1-10(7-13-8-11(2,3)15)14(6)9-12(4,5)16;;/h10,15-16H,7-9H2,1-6H3;;/q-1;;+3/p-2. The first-order valence-electron chi connectivity index (χ1n) is 5.91. The van der Waals surface area contributed by atoms with E-state index < -0.39 is 0 Å². The Balaban J connectivity index is 0. The molecule has 0 aromatic heterocycles. The van der Waals surface area contributed by atoms with Gasteiger partial charge in [0, 0.05) is 0 Å². The number of likely N-dealkylation sites (N-methyl/N-ethyl adjacent to an activating group) is 1. The van der Waals surface area contributed by atoms with Crippen molar-refractivity contribution in [2.45, 2.75) is 50.2 Å². The van der Waals surface area contributed by atoms with Gasteiger partial charge in [-0.3, -0.25) is 0 Å². The van der Waals surface area contributed by atoms with E-state index in [4.69, 9.17) is 28.8 Å². The molecular formula is C12H25N2OS2Tc. The predicted molar refractivity (Wildman–Crippen MR) is 78.8 cm³/mol. The first-order valence-corrected chi connectivity index (χ1v) is 7.48. The van der Waals surface area contributed by atoms with Gasteiger partial charge in [-0.2, -0.15) is 11.3 Å². The molecule has 0 amide bonds. The van der Waals surface area contributed by atoms with Gasteiger partial charge in [0.15, 0.2) is 0 Å². The van der Waals surface area contributed by atoms with Gasteiger partial charge in [0.05, 0.1) is 0 Å². The predicted octanol–water partition coefficient (Wildman–Crippen LogP) is 2.21. The summed E-state index contributed by atoms with van der Waals surface area (Å²) in [5, 5.41) is 4.51. The summed E-state index contributed by atoms with van der Waals surface area (Å²) in [7, 11) is 2.10. The van der Waals surface area contributed by atoms with Crippen LogP contribution >= 0.6 is 0 Å². The van der Waals surface area contributed by atoms with Gasteiger partial charge in [0.25, 0.3) is 0 Å². The van der Waals surface area contributed by atoms with E-state index in [-0.39, 0.29) is 9.49 Å². The van der Waals surface area contributed by atoms with Gasteiger partial charge in [-0.25, -0.2) is 0 Å². The van der Waals surface area contributed by atoms with Crippen molar-refractivity contribution >= 4 is 25.3 Å². The molecule has 0 aromatic rings. The van der Waals surface area contributed by atoms with Gasteiger partial charge >= 0.3 is 22.4 Å². The zero-order chi connectivity index (χ0) is 15.0. The molecule has 3 nitrogen and oxygen atoms in total. The van der Waals surface area contributed by atoms with Crippen LogP contribution in [0, 0.1) is 0 Å². The van der Waals surface area contributed by atoms with Crippen molar-refractivity contribution in [3.63, 3.8) is 0 Å². The van der Waals surface area contributed by atoms with Crippen LogP contribution in [-0.2, 0) is 47.6 Å². The molecule has 0 saturated carbocycles. The molecule has 0 spiro atoms. The van der Waals surface area contributed by atoms with E-state index in [1.54, 1.807) is 0 Å². The molecule has 0 aliphatic carbocycles. The van der Waals surface area contributed by atoms with Crippen molar-refractivity contribution < 1.29 is 22.4 Å². The average Bonchev–Trinajstić information content (AvgIpc) is 2.16. The Morgan fingerprint density at radius 1 is 1.17 bits per heavy atom. The Labute approximate surface area is 134 Å². The summed E-state index contributed by atoms with van der Waals surface area (Å²) in [6.45, 7) is 12.9. The van der Waals surface area contributed by atoms with Crippen LogP contribution in [-0.4, -0.2) is 47.1 Å². The molecule has 0 N–H and O–H groups in total. The summed E-state index contributed by atoms with van der Waals surface area (Å²) in [5.74, 6) is 0. The molecule has 1 atom stereocenters. The maximum absolute atomic E-state index is 8.22. The Morgan fingerprint density at radius 3 is 1.94 bits per heavy atom. The maximum atomic E-state index is 8.22. The Hall–Kier alpha value is 1.07. The van der Waals surface area contributed by atoms with Crippen LogP contribution in [0.5, 0.6) is 0 Å². The molecule has 0 heterocycles. The second-order valence-electron chi connectivity index (χ2n) is 5.85. The van der Waals surface area contributed by atoms with E-state index >= 15 is 0 Å². The summed E-state index contributed by atoms with van der Waals surface area (Å²) in [6.07, 6.45) is 0. The SMILES string of the molecule is CC(C[N-]CC(C)(C)[S-])N(C)CC(C)(C)[S-].[O]=[Tc+3]. The fourth-order valence-electron chi connectivity index (χ4n) is 1.42. The summed E-state index contributed by atoms with van der Waals surface area (Å²) < 4.78 is 8.04. The van der Waals surface area contributed by atoms with Crippen molar-refractivity contribution in [1.82, 2.24) is 4.90 Å². The topological polar surface area (TPSA) is 34.4 Å². The van der Waals surface area contributed by atoms with Crippen LogP contribution in [0.4, 0.5) is 0 Å². The van der Waals surface area contributed by atoms with Gasteiger partial charge in [0.1, 0.15) is 0 Å². The second-order valence-corrected chi connectivity index (χ2v) is 8.06. The van der Waals surface area contributed by atoms with Crippen LogP contribution in [0.15, 0.2) is 0 Å². The van der Waals surface area contributed by atoms with E-state index in [2.05, 4.69) is 38.0 Å². The molecule has 1 unspecified atom stereocenters. The normalized spacial score (nSPS) is 14.0. The number of nitrogens with zero attached hydrogens (tertiary/aromatic N) is 2. The minimum absolute atomic E-state index is 0.0692. The molecule has 0 radical (unpaired) electrons. The van der Waals surface area contributed by atoms with Crippen molar-refractivity contribution in [3.05, 3.63) is 5.32 Å². The number of rotatable bonds is 7. The summed E-state index contributed by atoms with van der Waals surface area (Å²) in [5.41, 5.74) is 0. The Morgan fingerprint density at radius 2 is 1.61 bits per heavy atom. The van der Waals surface area contributed by atoms with E-state index in [9.17, 15) is 0 Å². The molecular weight excluding hydrogens is 350 g/mol. The fraction of sp³-hybridized carbons (Fsp3) is 1.00. The van der Waals surface area contributed by atoms with Crippen molar-refractivity contribution in [3.8, 4) is 0 Å². The van der Waals surface area contributed by atoms with E-state index in [0.717, 1.165) is 38.5 Å². The molecule has 0 aromatic carbocycles. The van der Waals surface area contributed by atoms with Crippen LogP contribution in [0.25, 0.3) is 5.32 Å². The first kappa shape index (κ1) is 21.4. The fourth-order valence-corrected chi connectivity index (χ4v) is 1.71. The molecule has 0 fully saturated rings. The van der Waals surface area contributed by atoms with Crippen molar-refractivity contribution in [1.29, 1.82) is 0 Å². The van der Waals surface area contributed by atoms with E-state index in [1.165, 1.54) is 0 Å². The third-order valence-corrected chi connectivity index (χ3v) is 2.53. The third kappa shape index (κ3) is 15.1. The second kappa shape index (κ2) is 9.89. The summed E-state index contributed by atoms with van der Waals surface area (Å²) in [6, 6.07) is 0.430. The van der Waals surface area contributed by atoms with Gasteiger partial charge < -0.3 is 35.5 Å². The van der Waals surface area contributed by atoms with Crippen LogP contribution < -0.4 is 0 Å². The number of hydrogen-bond donors (Lipinski definition) is 0. The zero-order valence-electron chi connectivity index (χ0n) is 12.2. The molecule has 0 rings (SSSR count). The first-order chi connectivity index (χ1) is 8.01. The van der Waals surface area contributed by atoms with Crippen molar-refractivity contribution in [2.24, 2.45) is 0 Å².